The fraction of sp³-hybridized carbons (Fsp3) is 1.00. The van der Waals surface area contributed by atoms with Crippen molar-refractivity contribution in [3.63, 3.8) is 0 Å². The predicted octanol–water partition coefficient (Wildman–Crippen LogP) is 0.683. The molecule has 0 bridgehead atoms. The summed E-state index contributed by atoms with van der Waals surface area (Å²) in [4.78, 5) is 0. The first kappa shape index (κ1) is 13.9. The summed E-state index contributed by atoms with van der Waals surface area (Å²) in [6, 6.07) is 0. The van der Waals surface area contributed by atoms with Gasteiger partial charge in [0.1, 0.15) is 18.3 Å². The highest BCUT2D eigenvalue weighted by Gasteiger charge is 2.43. The van der Waals surface area contributed by atoms with Crippen molar-refractivity contribution < 1.29 is 20.1 Å². The second-order valence-corrected chi connectivity index (χ2v) is 5.86. The van der Waals surface area contributed by atoms with Gasteiger partial charge in [-0.25, -0.2) is 0 Å². The van der Waals surface area contributed by atoms with Gasteiger partial charge in [-0.1, -0.05) is 27.7 Å². The van der Waals surface area contributed by atoms with Crippen LogP contribution in [-0.4, -0.2) is 45.8 Å². The largest absolute Gasteiger partial charge is 0.388 e. The van der Waals surface area contributed by atoms with E-state index >= 15 is 0 Å². The fourth-order valence-electron chi connectivity index (χ4n) is 2.14. The zero-order valence-electron chi connectivity index (χ0n) is 10.6. The van der Waals surface area contributed by atoms with Crippen LogP contribution in [0.3, 0.4) is 0 Å². The summed E-state index contributed by atoms with van der Waals surface area (Å²) in [5.74, 6) is 0. The van der Waals surface area contributed by atoms with Crippen molar-refractivity contribution in [3.05, 3.63) is 0 Å². The fourth-order valence-corrected chi connectivity index (χ4v) is 2.14. The maximum absolute atomic E-state index is 9.85. The van der Waals surface area contributed by atoms with Crippen LogP contribution in [0.2, 0.25) is 0 Å². The second kappa shape index (κ2) is 5.00. The normalized spacial score (nSPS) is 41.1. The molecule has 16 heavy (non-hydrogen) atoms. The van der Waals surface area contributed by atoms with E-state index in [0.29, 0.717) is 12.8 Å². The summed E-state index contributed by atoms with van der Waals surface area (Å²) < 4.78 is 5.65. The summed E-state index contributed by atoms with van der Waals surface area (Å²) in [5.41, 5.74) is 0.0198. The topological polar surface area (TPSA) is 69.9 Å². The Bertz CT molecular complexity index is 222. The minimum Gasteiger partial charge on any atom is -0.388 e. The molecule has 1 aliphatic rings. The van der Waals surface area contributed by atoms with E-state index in [1.54, 1.807) is 0 Å². The number of hydrogen-bond donors (Lipinski definition) is 3. The van der Waals surface area contributed by atoms with E-state index in [9.17, 15) is 15.3 Å². The first-order valence-corrected chi connectivity index (χ1v) is 5.96. The minimum atomic E-state index is -1.11. The zero-order chi connectivity index (χ0) is 12.5. The van der Waals surface area contributed by atoms with Gasteiger partial charge < -0.3 is 20.1 Å². The molecule has 3 N–H and O–H groups in total. The first-order chi connectivity index (χ1) is 7.26. The maximum atomic E-state index is 9.85. The SMILES string of the molecule is CC[C@H]1O[C@@H](CC(C)(C)C)[C@@H](O)[C@@H](O)[C@@H]1O. The molecule has 5 atom stereocenters. The van der Waals surface area contributed by atoms with Crippen molar-refractivity contribution in [2.75, 3.05) is 0 Å². The molecule has 0 aromatic heterocycles. The number of ether oxygens (including phenoxy) is 1. The molecular weight excluding hydrogens is 208 g/mol. The Morgan fingerprint density at radius 3 is 1.88 bits per heavy atom. The first-order valence-electron chi connectivity index (χ1n) is 5.96. The molecule has 1 heterocycles. The highest BCUT2D eigenvalue weighted by molar-refractivity contribution is 4.92. The van der Waals surface area contributed by atoms with Crippen LogP contribution < -0.4 is 0 Å². The Kier molecular flexibility index (Phi) is 4.35. The second-order valence-electron chi connectivity index (χ2n) is 5.86. The smallest absolute Gasteiger partial charge is 0.111 e. The van der Waals surface area contributed by atoms with Crippen molar-refractivity contribution in [2.45, 2.75) is 71.1 Å². The van der Waals surface area contributed by atoms with E-state index in [4.69, 9.17) is 4.74 Å². The molecule has 0 aromatic carbocycles. The standard InChI is InChI=1S/C12H24O4/c1-5-7-9(13)11(15)10(14)8(16-7)6-12(2,3)4/h7-11,13-15H,5-6H2,1-4H3/t7-,8+,9-,10-,11+/m1/s1. The number of aliphatic hydroxyl groups is 3. The summed E-state index contributed by atoms with van der Waals surface area (Å²) >= 11 is 0. The molecule has 0 aliphatic carbocycles. The molecule has 4 nitrogen and oxygen atoms in total. The van der Waals surface area contributed by atoms with Crippen molar-refractivity contribution in [1.82, 2.24) is 0 Å². The van der Waals surface area contributed by atoms with Gasteiger partial charge in [0, 0.05) is 0 Å². The average Bonchev–Trinajstić information content (AvgIpc) is 2.17. The Morgan fingerprint density at radius 1 is 0.938 bits per heavy atom. The monoisotopic (exact) mass is 232 g/mol. The molecule has 0 saturated carbocycles. The number of rotatable bonds is 2. The maximum Gasteiger partial charge on any atom is 0.111 e. The molecule has 96 valence electrons. The van der Waals surface area contributed by atoms with Gasteiger partial charge in [0.25, 0.3) is 0 Å². The van der Waals surface area contributed by atoms with Crippen LogP contribution in [0.25, 0.3) is 0 Å². The van der Waals surface area contributed by atoms with Crippen molar-refractivity contribution in [1.29, 1.82) is 0 Å². The summed E-state index contributed by atoms with van der Waals surface area (Å²) in [5, 5.41) is 29.3. The lowest BCUT2D eigenvalue weighted by Crippen LogP contribution is -2.57. The third-order valence-electron chi connectivity index (χ3n) is 3.03. The van der Waals surface area contributed by atoms with E-state index in [0.717, 1.165) is 0 Å². The van der Waals surface area contributed by atoms with E-state index in [-0.39, 0.29) is 11.5 Å². The van der Waals surface area contributed by atoms with Gasteiger partial charge in [-0.15, -0.1) is 0 Å². The van der Waals surface area contributed by atoms with Crippen molar-refractivity contribution in [3.8, 4) is 0 Å². The molecule has 1 fully saturated rings. The lowest BCUT2D eigenvalue weighted by Gasteiger charge is -2.42. The molecule has 4 heteroatoms. The Balaban J connectivity index is 2.71. The molecule has 0 aromatic rings. The Hall–Kier alpha value is -0.160. The van der Waals surface area contributed by atoms with Crippen LogP contribution in [-0.2, 0) is 4.74 Å². The van der Waals surface area contributed by atoms with Gasteiger partial charge in [-0.05, 0) is 18.3 Å². The van der Waals surface area contributed by atoms with Gasteiger partial charge in [0.15, 0.2) is 0 Å². The predicted molar refractivity (Wildman–Crippen MR) is 61.0 cm³/mol. The molecule has 0 unspecified atom stereocenters. The van der Waals surface area contributed by atoms with Gasteiger partial charge in [0.05, 0.1) is 12.2 Å². The van der Waals surface area contributed by atoms with Gasteiger partial charge >= 0.3 is 0 Å². The van der Waals surface area contributed by atoms with Crippen LogP contribution in [0, 0.1) is 5.41 Å². The Morgan fingerprint density at radius 2 is 1.44 bits per heavy atom. The van der Waals surface area contributed by atoms with Crippen LogP contribution in [0.4, 0.5) is 0 Å². The third kappa shape index (κ3) is 3.17. The van der Waals surface area contributed by atoms with E-state index in [1.165, 1.54) is 0 Å². The number of hydrogen-bond acceptors (Lipinski definition) is 4. The molecule has 0 radical (unpaired) electrons. The highest BCUT2D eigenvalue weighted by Crippen LogP contribution is 2.31. The summed E-state index contributed by atoms with van der Waals surface area (Å²) in [7, 11) is 0. The third-order valence-corrected chi connectivity index (χ3v) is 3.03. The molecule has 1 aliphatic heterocycles. The summed E-state index contributed by atoms with van der Waals surface area (Å²) in [6.45, 7) is 8.07. The molecular formula is C12H24O4. The van der Waals surface area contributed by atoms with Crippen molar-refractivity contribution >= 4 is 0 Å². The molecule has 0 amide bonds. The van der Waals surface area contributed by atoms with Crippen molar-refractivity contribution in [2.24, 2.45) is 5.41 Å². The lowest BCUT2D eigenvalue weighted by atomic mass is 9.83. The molecule has 1 rings (SSSR count). The van der Waals surface area contributed by atoms with Crippen LogP contribution in [0.5, 0.6) is 0 Å². The average molecular weight is 232 g/mol. The van der Waals surface area contributed by atoms with Crippen LogP contribution >= 0.6 is 0 Å². The zero-order valence-corrected chi connectivity index (χ0v) is 10.6. The summed E-state index contributed by atoms with van der Waals surface area (Å²) in [6.07, 6.45) is -2.59. The Labute approximate surface area is 97.2 Å². The molecule has 1 saturated heterocycles. The van der Waals surface area contributed by atoms with Gasteiger partial charge in [0.2, 0.25) is 0 Å². The van der Waals surface area contributed by atoms with E-state index < -0.39 is 24.4 Å². The van der Waals surface area contributed by atoms with Gasteiger partial charge in [-0.2, -0.15) is 0 Å². The quantitative estimate of drug-likeness (QED) is 0.655. The van der Waals surface area contributed by atoms with E-state index in [2.05, 4.69) is 20.8 Å². The molecule has 0 spiro atoms. The van der Waals surface area contributed by atoms with Gasteiger partial charge in [-0.3, -0.25) is 0 Å². The highest BCUT2D eigenvalue weighted by atomic mass is 16.5. The van der Waals surface area contributed by atoms with Crippen LogP contribution in [0.1, 0.15) is 40.5 Å². The van der Waals surface area contributed by atoms with E-state index in [1.807, 2.05) is 6.92 Å². The minimum absolute atomic E-state index is 0.0198. The number of aliphatic hydroxyl groups excluding tert-OH is 3. The van der Waals surface area contributed by atoms with Crippen LogP contribution in [0.15, 0.2) is 0 Å². The lowest BCUT2D eigenvalue weighted by molar-refractivity contribution is -0.227.